The lowest BCUT2D eigenvalue weighted by Gasteiger charge is -2.43. The van der Waals surface area contributed by atoms with E-state index >= 15 is 0 Å². The summed E-state index contributed by atoms with van der Waals surface area (Å²) in [4.78, 5) is 5.26. The van der Waals surface area contributed by atoms with Crippen molar-refractivity contribution in [3.63, 3.8) is 0 Å². The molecule has 1 aliphatic carbocycles. The number of nitrogens with zero attached hydrogens (tertiary/aromatic N) is 2. The third-order valence-corrected chi connectivity index (χ3v) is 5.87. The minimum Gasteiger partial charge on any atom is -0.317 e. The molecule has 3 nitrogen and oxygen atoms in total. The highest BCUT2D eigenvalue weighted by Gasteiger charge is 2.54. The summed E-state index contributed by atoms with van der Waals surface area (Å²) in [5.74, 6) is 1.00. The summed E-state index contributed by atoms with van der Waals surface area (Å²) in [7, 11) is 2.28. The number of rotatable bonds is 2. The molecule has 104 valence electrons. The Kier molecular flexibility index (Phi) is 3.41. The molecule has 3 atom stereocenters. The summed E-state index contributed by atoms with van der Waals surface area (Å²) in [6.07, 6.45) is 4.36. The van der Waals surface area contributed by atoms with Crippen LogP contribution >= 0.6 is 0 Å². The fourth-order valence-electron chi connectivity index (χ4n) is 4.20. The van der Waals surface area contributed by atoms with Gasteiger partial charge in [-0.15, -0.1) is 0 Å². The predicted octanol–water partition coefficient (Wildman–Crippen LogP) is 1.40. The van der Waals surface area contributed by atoms with Crippen molar-refractivity contribution < 1.29 is 0 Å². The molecule has 2 heterocycles. The molecule has 1 N–H and O–H groups in total. The van der Waals surface area contributed by atoms with Crippen LogP contribution in [0.4, 0.5) is 0 Å². The lowest BCUT2D eigenvalue weighted by Crippen LogP contribution is -2.55. The maximum Gasteiger partial charge on any atom is 0.0195 e. The minimum atomic E-state index is 0.719. The second-order valence-corrected chi connectivity index (χ2v) is 7.10. The highest BCUT2D eigenvalue weighted by Crippen LogP contribution is 2.58. The van der Waals surface area contributed by atoms with Crippen molar-refractivity contribution in [2.45, 2.75) is 45.2 Å². The first-order valence-corrected chi connectivity index (χ1v) is 7.76. The number of nitrogens with one attached hydrogen (secondary N) is 1. The molecule has 3 rings (SSSR count). The van der Waals surface area contributed by atoms with E-state index < -0.39 is 0 Å². The molecule has 3 unspecified atom stereocenters. The van der Waals surface area contributed by atoms with Crippen molar-refractivity contribution in [1.29, 1.82) is 0 Å². The molecule has 2 aliphatic heterocycles. The minimum absolute atomic E-state index is 0.719. The van der Waals surface area contributed by atoms with Gasteiger partial charge >= 0.3 is 0 Å². The number of likely N-dealkylation sites (N-methyl/N-ethyl adjacent to an activating group) is 1. The lowest BCUT2D eigenvalue weighted by atomic mass is 9.91. The van der Waals surface area contributed by atoms with Crippen LogP contribution in [0.1, 0.15) is 33.1 Å². The van der Waals surface area contributed by atoms with Crippen molar-refractivity contribution in [3.8, 4) is 0 Å². The van der Waals surface area contributed by atoms with Gasteiger partial charge in [0.25, 0.3) is 0 Å². The van der Waals surface area contributed by atoms with E-state index in [0.29, 0.717) is 0 Å². The third kappa shape index (κ3) is 2.33. The zero-order chi connectivity index (χ0) is 12.8. The van der Waals surface area contributed by atoms with Crippen LogP contribution in [0.25, 0.3) is 0 Å². The summed E-state index contributed by atoms with van der Waals surface area (Å²) in [6.45, 7) is 11.2. The monoisotopic (exact) mass is 251 g/mol. The van der Waals surface area contributed by atoms with Crippen molar-refractivity contribution in [2.24, 2.45) is 11.3 Å². The van der Waals surface area contributed by atoms with Gasteiger partial charge in [0.05, 0.1) is 0 Å². The molecule has 0 bridgehead atoms. The summed E-state index contributed by atoms with van der Waals surface area (Å²) in [6, 6.07) is 1.44. The van der Waals surface area contributed by atoms with Crippen molar-refractivity contribution in [2.75, 3.05) is 39.8 Å². The molecule has 2 saturated heterocycles. The fourth-order valence-corrected chi connectivity index (χ4v) is 4.20. The quantitative estimate of drug-likeness (QED) is 0.800. The fraction of sp³-hybridized carbons (Fsp3) is 1.00. The Labute approximate surface area is 112 Å². The van der Waals surface area contributed by atoms with Crippen LogP contribution in [0.15, 0.2) is 0 Å². The maximum atomic E-state index is 3.50. The van der Waals surface area contributed by atoms with Crippen LogP contribution in [-0.2, 0) is 0 Å². The molecule has 0 amide bonds. The van der Waals surface area contributed by atoms with Crippen molar-refractivity contribution in [3.05, 3.63) is 0 Å². The van der Waals surface area contributed by atoms with Gasteiger partial charge in [-0.05, 0) is 64.6 Å². The third-order valence-electron chi connectivity index (χ3n) is 5.87. The molecular weight excluding hydrogens is 222 g/mol. The standard InChI is InChI=1S/C15H29N3/c1-12-9-18(10-13(2)17(12)3)11-14-8-15(14)4-6-16-7-5-15/h12-14,16H,4-11H2,1-3H3. The number of hydrogen-bond acceptors (Lipinski definition) is 3. The number of piperidine rings is 1. The molecule has 0 aromatic rings. The summed E-state index contributed by atoms with van der Waals surface area (Å²) in [5.41, 5.74) is 0.751. The lowest BCUT2D eigenvalue weighted by molar-refractivity contribution is 0.0540. The molecule has 18 heavy (non-hydrogen) atoms. The molecule has 0 radical (unpaired) electrons. The Hall–Kier alpha value is -0.120. The van der Waals surface area contributed by atoms with Gasteiger partial charge in [-0.1, -0.05) is 0 Å². The van der Waals surface area contributed by atoms with E-state index in [9.17, 15) is 0 Å². The highest BCUT2D eigenvalue weighted by molar-refractivity contribution is 5.05. The molecule has 0 aromatic carbocycles. The van der Waals surface area contributed by atoms with Gasteiger partial charge in [-0.2, -0.15) is 0 Å². The largest absolute Gasteiger partial charge is 0.317 e. The number of piperazine rings is 1. The molecule has 3 fully saturated rings. The van der Waals surface area contributed by atoms with E-state index in [0.717, 1.165) is 23.4 Å². The van der Waals surface area contributed by atoms with E-state index in [1.807, 2.05) is 0 Å². The average molecular weight is 251 g/mol. The molecule has 1 spiro atoms. The molecular formula is C15H29N3. The first-order valence-electron chi connectivity index (χ1n) is 7.76. The molecule has 3 aliphatic rings. The van der Waals surface area contributed by atoms with Crippen molar-refractivity contribution >= 4 is 0 Å². The van der Waals surface area contributed by atoms with E-state index in [4.69, 9.17) is 0 Å². The van der Waals surface area contributed by atoms with Gasteiger partial charge in [0, 0.05) is 31.7 Å². The van der Waals surface area contributed by atoms with Crippen LogP contribution in [0.3, 0.4) is 0 Å². The second kappa shape index (κ2) is 4.77. The maximum absolute atomic E-state index is 3.50. The Morgan fingerprint density at radius 1 is 1.11 bits per heavy atom. The van der Waals surface area contributed by atoms with Crippen LogP contribution in [0.2, 0.25) is 0 Å². The highest BCUT2D eigenvalue weighted by atomic mass is 15.3. The van der Waals surface area contributed by atoms with Gasteiger partial charge in [0.15, 0.2) is 0 Å². The van der Waals surface area contributed by atoms with Gasteiger partial charge in [-0.25, -0.2) is 0 Å². The van der Waals surface area contributed by atoms with Crippen LogP contribution in [0, 0.1) is 11.3 Å². The van der Waals surface area contributed by atoms with Gasteiger partial charge in [0.2, 0.25) is 0 Å². The zero-order valence-corrected chi connectivity index (χ0v) is 12.3. The summed E-state index contributed by atoms with van der Waals surface area (Å²) < 4.78 is 0. The smallest absolute Gasteiger partial charge is 0.0195 e. The average Bonchev–Trinajstić information content (AvgIpc) is 2.99. The van der Waals surface area contributed by atoms with Crippen LogP contribution in [-0.4, -0.2) is 61.7 Å². The van der Waals surface area contributed by atoms with Crippen LogP contribution < -0.4 is 5.32 Å². The van der Waals surface area contributed by atoms with E-state index in [2.05, 4.69) is 36.0 Å². The Morgan fingerprint density at radius 2 is 1.72 bits per heavy atom. The Balaban J connectivity index is 1.52. The van der Waals surface area contributed by atoms with Crippen LogP contribution in [0.5, 0.6) is 0 Å². The summed E-state index contributed by atoms with van der Waals surface area (Å²) in [5, 5.41) is 3.50. The first kappa shape index (κ1) is 12.9. The molecule has 1 saturated carbocycles. The van der Waals surface area contributed by atoms with E-state index in [1.165, 1.54) is 52.0 Å². The SMILES string of the molecule is CC1CN(CC2CC23CCNCC3)CC(C)N1C. The normalized spacial score (nSPS) is 41.2. The number of hydrogen-bond donors (Lipinski definition) is 1. The van der Waals surface area contributed by atoms with Crippen molar-refractivity contribution in [1.82, 2.24) is 15.1 Å². The summed E-state index contributed by atoms with van der Waals surface area (Å²) >= 11 is 0. The Morgan fingerprint density at radius 3 is 2.33 bits per heavy atom. The van der Waals surface area contributed by atoms with Gasteiger partial charge < -0.3 is 5.32 Å². The van der Waals surface area contributed by atoms with Gasteiger partial charge in [-0.3, -0.25) is 9.80 Å². The first-order chi connectivity index (χ1) is 8.61. The molecule has 3 heteroatoms. The zero-order valence-electron chi connectivity index (χ0n) is 12.3. The van der Waals surface area contributed by atoms with Gasteiger partial charge in [0.1, 0.15) is 0 Å². The van der Waals surface area contributed by atoms with E-state index in [1.54, 1.807) is 0 Å². The predicted molar refractivity (Wildman–Crippen MR) is 75.8 cm³/mol. The molecule has 0 aromatic heterocycles. The van der Waals surface area contributed by atoms with E-state index in [-0.39, 0.29) is 0 Å². The second-order valence-electron chi connectivity index (χ2n) is 7.10. The Bertz CT molecular complexity index is 286. The topological polar surface area (TPSA) is 18.5 Å².